The molecule has 0 spiro atoms. The highest BCUT2D eigenvalue weighted by Crippen LogP contribution is 2.23. The molecule has 1 aromatic heterocycles. The highest BCUT2D eigenvalue weighted by atomic mass is 32.2. The maximum atomic E-state index is 11.3. The van der Waals surface area contributed by atoms with Gasteiger partial charge in [0.2, 0.25) is 0 Å². The Hall–Kier alpha value is -2.08. The molecule has 0 radical (unpaired) electrons. The van der Waals surface area contributed by atoms with Crippen molar-refractivity contribution in [3.8, 4) is 0 Å². The molecule has 0 aliphatic carbocycles. The number of aromatic amines is 1. The van der Waals surface area contributed by atoms with E-state index >= 15 is 0 Å². The van der Waals surface area contributed by atoms with Crippen LogP contribution in [0.3, 0.4) is 0 Å². The first-order valence-electron chi connectivity index (χ1n) is 5.63. The summed E-state index contributed by atoms with van der Waals surface area (Å²) in [6.45, 7) is 0. The molecule has 1 aromatic carbocycles. The molecule has 1 unspecified atom stereocenters. The predicted octanol–water partition coefficient (Wildman–Crippen LogP) is 1.56. The highest BCUT2D eigenvalue weighted by Gasteiger charge is 2.20. The van der Waals surface area contributed by atoms with Gasteiger partial charge < -0.3 is 10.1 Å². The van der Waals surface area contributed by atoms with Gasteiger partial charge in [0.25, 0.3) is 5.56 Å². The number of aromatic nitrogens is 2. The molecular weight excluding hydrogens is 264 g/mol. The summed E-state index contributed by atoms with van der Waals surface area (Å²) in [5, 5.41) is 8.97. The molecule has 2 aromatic rings. The minimum absolute atomic E-state index is 0.290. The Morgan fingerprint density at radius 2 is 2.11 bits per heavy atom. The fourth-order valence-electron chi connectivity index (χ4n) is 1.57. The molecule has 0 bridgehead atoms. The number of H-pyrrole nitrogens is 1. The smallest absolute Gasteiger partial charge is 0.317 e. The van der Waals surface area contributed by atoms with E-state index in [0.717, 1.165) is 17.3 Å². The molecule has 1 atom stereocenters. The van der Waals surface area contributed by atoms with Crippen molar-refractivity contribution in [2.24, 2.45) is 0 Å². The summed E-state index contributed by atoms with van der Waals surface area (Å²) in [4.78, 5) is 28.7. The average molecular weight is 276 g/mol. The molecule has 5 nitrogen and oxygen atoms in total. The van der Waals surface area contributed by atoms with E-state index in [9.17, 15) is 14.7 Å². The zero-order chi connectivity index (χ0) is 13.7. The standard InChI is InChI=1S/C13H12N2O3S/c16-11-7-12(15-8-14-11)19-10(13(17)18)6-9-4-2-1-3-5-9/h1-5,7-8,10H,6H2,(H,17,18)(H,14,15,16). The molecule has 6 heteroatoms. The van der Waals surface area contributed by atoms with Crippen LogP contribution in [0.2, 0.25) is 0 Å². The van der Waals surface area contributed by atoms with Gasteiger partial charge in [0.15, 0.2) is 0 Å². The Labute approximate surface area is 113 Å². The lowest BCUT2D eigenvalue weighted by Gasteiger charge is -2.11. The van der Waals surface area contributed by atoms with E-state index in [4.69, 9.17) is 0 Å². The first-order chi connectivity index (χ1) is 9.15. The van der Waals surface area contributed by atoms with Crippen molar-refractivity contribution in [3.05, 3.63) is 58.6 Å². The first kappa shape index (κ1) is 13.4. The lowest BCUT2D eigenvalue weighted by atomic mass is 10.1. The number of hydrogen-bond acceptors (Lipinski definition) is 4. The van der Waals surface area contributed by atoms with Crippen molar-refractivity contribution < 1.29 is 9.90 Å². The third-order valence-electron chi connectivity index (χ3n) is 2.46. The van der Waals surface area contributed by atoms with E-state index < -0.39 is 11.2 Å². The molecule has 0 aliphatic rings. The first-order valence-corrected chi connectivity index (χ1v) is 6.51. The largest absolute Gasteiger partial charge is 0.480 e. The van der Waals surface area contributed by atoms with Gasteiger partial charge in [0.05, 0.1) is 6.33 Å². The van der Waals surface area contributed by atoms with Crippen molar-refractivity contribution in [1.29, 1.82) is 0 Å². The fraction of sp³-hybridized carbons (Fsp3) is 0.154. The fourth-order valence-corrected chi connectivity index (χ4v) is 2.53. The van der Waals surface area contributed by atoms with Crippen LogP contribution in [-0.4, -0.2) is 26.3 Å². The zero-order valence-electron chi connectivity index (χ0n) is 9.95. The number of benzene rings is 1. The predicted molar refractivity (Wildman–Crippen MR) is 72.3 cm³/mol. The van der Waals surface area contributed by atoms with Crippen LogP contribution in [0.5, 0.6) is 0 Å². The van der Waals surface area contributed by atoms with Crippen molar-refractivity contribution in [3.63, 3.8) is 0 Å². The molecule has 2 rings (SSSR count). The highest BCUT2D eigenvalue weighted by molar-refractivity contribution is 8.00. The van der Waals surface area contributed by atoms with Crippen molar-refractivity contribution >= 4 is 17.7 Å². The van der Waals surface area contributed by atoms with Gasteiger partial charge in [-0.05, 0) is 12.0 Å². The number of nitrogens with one attached hydrogen (secondary N) is 1. The summed E-state index contributed by atoms with van der Waals surface area (Å²) in [7, 11) is 0. The van der Waals surface area contributed by atoms with Gasteiger partial charge in [0, 0.05) is 6.07 Å². The van der Waals surface area contributed by atoms with E-state index in [1.165, 1.54) is 12.4 Å². The number of thioether (sulfide) groups is 1. The average Bonchev–Trinajstić information content (AvgIpc) is 2.39. The summed E-state index contributed by atoms with van der Waals surface area (Å²) >= 11 is 1.08. The molecule has 0 fully saturated rings. The summed E-state index contributed by atoms with van der Waals surface area (Å²) in [5.41, 5.74) is 0.647. The Bertz CT molecular complexity index is 613. The molecule has 0 aliphatic heterocycles. The monoisotopic (exact) mass is 276 g/mol. The summed E-state index contributed by atoms with van der Waals surface area (Å²) in [5.74, 6) is -0.920. The van der Waals surface area contributed by atoms with Crippen LogP contribution >= 0.6 is 11.8 Å². The van der Waals surface area contributed by atoms with Gasteiger partial charge in [-0.25, -0.2) is 4.98 Å². The topological polar surface area (TPSA) is 83.0 Å². The van der Waals surface area contributed by atoms with Crippen LogP contribution in [0.15, 0.2) is 52.5 Å². The second-order valence-electron chi connectivity index (χ2n) is 3.88. The molecule has 0 saturated heterocycles. The second-order valence-corrected chi connectivity index (χ2v) is 5.11. The van der Waals surface area contributed by atoms with Gasteiger partial charge in [-0.15, -0.1) is 0 Å². The molecule has 19 heavy (non-hydrogen) atoms. The minimum Gasteiger partial charge on any atom is -0.480 e. The van der Waals surface area contributed by atoms with Gasteiger partial charge in [-0.1, -0.05) is 42.1 Å². The van der Waals surface area contributed by atoms with E-state index in [2.05, 4.69) is 9.97 Å². The van der Waals surface area contributed by atoms with E-state index in [0.29, 0.717) is 11.4 Å². The van der Waals surface area contributed by atoms with E-state index in [1.54, 1.807) is 0 Å². The van der Waals surface area contributed by atoms with Gasteiger partial charge >= 0.3 is 5.97 Å². The van der Waals surface area contributed by atoms with Crippen LogP contribution < -0.4 is 5.56 Å². The molecule has 98 valence electrons. The van der Waals surface area contributed by atoms with Crippen LogP contribution in [0, 0.1) is 0 Å². The Balaban J connectivity index is 2.13. The van der Waals surface area contributed by atoms with Crippen LogP contribution in [0.4, 0.5) is 0 Å². The van der Waals surface area contributed by atoms with Crippen LogP contribution in [-0.2, 0) is 11.2 Å². The van der Waals surface area contributed by atoms with Crippen molar-refractivity contribution in [2.45, 2.75) is 16.7 Å². The summed E-state index contributed by atoms with van der Waals surface area (Å²) in [6.07, 6.45) is 1.65. The second kappa shape index (κ2) is 6.19. The molecule has 1 heterocycles. The van der Waals surface area contributed by atoms with Crippen molar-refractivity contribution in [2.75, 3.05) is 0 Å². The SMILES string of the molecule is O=C(O)C(Cc1ccccc1)Sc1cc(=O)[nH]cn1. The van der Waals surface area contributed by atoms with Gasteiger partial charge in [-0.2, -0.15) is 0 Å². The number of rotatable bonds is 5. The zero-order valence-corrected chi connectivity index (χ0v) is 10.8. The lowest BCUT2D eigenvalue weighted by molar-refractivity contribution is -0.136. The van der Waals surface area contributed by atoms with E-state index in [1.807, 2.05) is 30.3 Å². The van der Waals surface area contributed by atoms with Crippen LogP contribution in [0.25, 0.3) is 0 Å². The summed E-state index contributed by atoms with van der Waals surface area (Å²) < 4.78 is 0. The summed E-state index contributed by atoms with van der Waals surface area (Å²) in [6, 6.07) is 10.7. The number of carboxylic acids is 1. The molecule has 0 amide bonds. The number of carbonyl (C=O) groups is 1. The quantitative estimate of drug-likeness (QED) is 0.639. The maximum absolute atomic E-state index is 11.3. The normalized spacial score (nSPS) is 12.0. The maximum Gasteiger partial charge on any atom is 0.317 e. The van der Waals surface area contributed by atoms with Gasteiger partial charge in [-0.3, -0.25) is 9.59 Å². The Kier molecular flexibility index (Phi) is 4.35. The lowest BCUT2D eigenvalue weighted by Crippen LogP contribution is -2.19. The van der Waals surface area contributed by atoms with Crippen molar-refractivity contribution in [1.82, 2.24) is 9.97 Å². The Morgan fingerprint density at radius 3 is 2.74 bits per heavy atom. The third-order valence-corrected chi connectivity index (χ3v) is 3.57. The van der Waals surface area contributed by atoms with Gasteiger partial charge in [0.1, 0.15) is 10.3 Å². The van der Waals surface area contributed by atoms with Crippen LogP contribution in [0.1, 0.15) is 5.56 Å². The number of nitrogens with zero attached hydrogens (tertiary/aromatic N) is 1. The number of hydrogen-bond donors (Lipinski definition) is 2. The number of carboxylic acid groups (broad SMARTS) is 1. The molecule has 2 N–H and O–H groups in total. The minimum atomic E-state index is -0.920. The molecular formula is C13H12N2O3S. The van der Waals surface area contributed by atoms with E-state index in [-0.39, 0.29) is 5.56 Å². The molecule has 0 saturated carbocycles. The number of aliphatic carboxylic acids is 1. The third kappa shape index (κ3) is 3.96. The Morgan fingerprint density at radius 1 is 1.37 bits per heavy atom.